The molecule has 0 fully saturated rings. The van der Waals surface area contributed by atoms with E-state index in [1.54, 1.807) is 12.1 Å². The molecule has 90 valence electrons. The second-order valence-electron chi connectivity index (χ2n) is 4.07. The standard InChI is InChI=1S/C13H19ClFN/c1-3-4-5-12(16-2)9-10-8-11(14)6-7-13(10)15/h6-8,12,16H,3-5,9H2,1-2H3. The zero-order chi connectivity index (χ0) is 12.0. The number of likely N-dealkylation sites (N-methyl/N-ethyl adjacent to an activating group) is 1. The molecular formula is C13H19ClFN. The molecule has 16 heavy (non-hydrogen) atoms. The van der Waals surface area contributed by atoms with Crippen LogP contribution in [-0.4, -0.2) is 13.1 Å². The normalized spacial score (nSPS) is 12.8. The number of halogens is 2. The Hall–Kier alpha value is -0.600. The molecule has 1 aromatic carbocycles. The third kappa shape index (κ3) is 4.11. The Labute approximate surface area is 102 Å². The highest BCUT2D eigenvalue weighted by atomic mass is 35.5. The molecule has 0 bridgehead atoms. The summed E-state index contributed by atoms with van der Waals surface area (Å²) in [5, 5.41) is 3.82. The van der Waals surface area contributed by atoms with Crippen LogP contribution in [0.1, 0.15) is 31.7 Å². The minimum Gasteiger partial charge on any atom is -0.317 e. The van der Waals surface area contributed by atoms with Crippen molar-refractivity contribution in [1.82, 2.24) is 5.32 Å². The van der Waals surface area contributed by atoms with Crippen LogP contribution in [0.5, 0.6) is 0 Å². The van der Waals surface area contributed by atoms with Gasteiger partial charge < -0.3 is 5.32 Å². The number of nitrogens with one attached hydrogen (secondary N) is 1. The average Bonchev–Trinajstić information content (AvgIpc) is 2.28. The Morgan fingerprint density at radius 2 is 2.19 bits per heavy atom. The van der Waals surface area contributed by atoms with Crippen molar-refractivity contribution in [3.8, 4) is 0 Å². The Kier molecular flexibility index (Phi) is 5.78. The summed E-state index contributed by atoms with van der Waals surface area (Å²) in [5.41, 5.74) is 0.697. The molecule has 0 radical (unpaired) electrons. The van der Waals surface area contributed by atoms with Crippen LogP contribution in [-0.2, 0) is 6.42 Å². The molecule has 0 saturated carbocycles. The number of hydrogen-bond acceptors (Lipinski definition) is 1. The van der Waals surface area contributed by atoms with Crippen LogP contribution in [0.3, 0.4) is 0 Å². The van der Waals surface area contributed by atoms with Crippen molar-refractivity contribution in [2.24, 2.45) is 0 Å². The van der Waals surface area contributed by atoms with Crippen LogP contribution in [0.15, 0.2) is 18.2 Å². The van der Waals surface area contributed by atoms with E-state index in [4.69, 9.17) is 11.6 Å². The maximum atomic E-state index is 13.5. The molecule has 1 rings (SSSR count). The van der Waals surface area contributed by atoms with Crippen LogP contribution < -0.4 is 5.32 Å². The molecule has 1 unspecified atom stereocenters. The first-order valence-corrected chi connectivity index (χ1v) is 6.16. The summed E-state index contributed by atoms with van der Waals surface area (Å²) in [4.78, 5) is 0. The van der Waals surface area contributed by atoms with Crippen LogP contribution in [0.25, 0.3) is 0 Å². The molecule has 0 aliphatic rings. The Bertz CT molecular complexity index is 328. The molecule has 0 saturated heterocycles. The molecule has 1 atom stereocenters. The maximum absolute atomic E-state index is 13.5. The molecule has 0 amide bonds. The van der Waals surface area contributed by atoms with Gasteiger partial charge >= 0.3 is 0 Å². The molecule has 0 heterocycles. The van der Waals surface area contributed by atoms with Gasteiger partial charge in [-0.2, -0.15) is 0 Å². The van der Waals surface area contributed by atoms with Gasteiger partial charge in [-0.1, -0.05) is 31.4 Å². The van der Waals surface area contributed by atoms with Crippen molar-refractivity contribution in [3.63, 3.8) is 0 Å². The Morgan fingerprint density at radius 3 is 2.81 bits per heavy atom. The van der Waals surface area contributed by atoms with E-state index in [2.05, 4.69) is 12.2 Å². The highest BCUT2D eigenvalue weighted by Crippen LogP contribution is 2.17. The minimum absolute atomic E-state index is 0.166. The second kappa shape index (κ2) is 6.87. The largest absolute Gasteiger partial charge is 0.317 e. The van der Waals surface area contributed by atoms with Crippen molar-refractivity contribution in [1.29, 1.82) is 0 Å². The lowest BCUT2D eigenvalue weighted by Gasteiger charge is -2.16. The molecule has 1 N–H and O–H groups in total. The first-order chi connectivity index (χ1) is 7.67. The third-order valence-electron chi connectivity index (χ3n) is 2.79. The van der Waals surface area contributed by atoms with Crippen molar-refractivity contribution < 1.29 is 4.39 Å². The van der Waals surface area contributed by atoms with Gasteiger partial charge in [0.05, 0.1) is 0 Å². The van der Waals surface area contributed by atoms with E-state index in [-0.39, 0.29) is 5.82 Å². The van der Waals surface area contributed by atoms with E-state index in [0.29, 0.717) is 23.0 Å². The molecule has 3 heteroatoms. The van der Waals surface area contributed by atoms with Gasteiger partial charge in [0.25, 0.3) is 0 Å². The Morgan fingerprint density at radius 1 is 1.44 bits per heavy atom. The smallest absolute Gasteiger partial charge is 0.126 e. The van der Waals surface area contributed by atoms with Crippen molar-refractivity contribution in [2.75, 3.05) is 7.05 Å². The molecule has 0 aromatic heterocycles. The Balaban J connectivity index is 2.65. The van der Waals surface area contributed by atoms with E-state index in [1.807, 2.05) is 7.05 Å². The average molecular weight is 244 g/mol. The van der Waals surface area contributed by atoms with Gasteiger partial charge in [-0.05, 0) is 43.7 Å². The molecular weight excluding hydrogens is 225 g/mol. The fourth-order valence-corrected chi connectivity index (χ4v) is 1.96. The summed E-state index contributed by atoms with van der Waals surface area (Å²) >= 11 is 5.86. The molecule has 0 spiro atoms. The van der Waals surface area contributed by atoms with Gasteiger partial charge in [-0.15, -0.1) is 0 Å². The summed E-state index contributed by atoms with van der Waals surface area (Å²) < 4.78 is 13.5. The topological polar surface area (TPSA) is 12.0 Å². The maximum Gasteiger partial charge on any atom is 0.126 e. The fourth-order valence-electron chi connectivity index (χ4n) is 1.76. The van der Waals surface area contributed by atoms with Crippen LogP contribution >= 0.6 is 11.6 Å². The van der Waals surface area contributed by atoms with Gasteiger partial charge in [0.1, 0.15) is 5.82 Å². The van der Waals surface area contributed by atoms with Crippen molar-refractivity contribution >= 4 is 11.6 Å². The number of hydrogen-bond donors (Lipinski definition) is 1. The second-order valence-corrected chi connectivity index (χ2v) is 4.50. The predicted octanol–water partition coefficient (Wildman–Crippen LogP) is 3.80. The lowest BCUT2D eigenvalue weighted by atomic mass is 10.0. The van der Waals surface area contributed by atoms with Gasteiger partial charge in [-0.25, -0.2) is 4.39 Å². The lowest BCUT2D eigenvalue weighted by molar-refractivity contribution is 0.487. The van der Waals surface area contributed by atoms with Gasteiger partial charge in [0, 0.05) is 11.1 Å². The molecule has 1 nitrogen and oxygen atoms in total. The number of unbranched alkanes of at least 4 members (excludes halogenated alkanes) is 1. The van der Waals surface area contributed by atoms with E-state index < -0.39 is 0 Å². The summed E-state index contributed by atoms with van der Waals surface area (Å²) in [6, 6.07) is 5.06. The zero-order valence-corrected chi connectivity index (χ0v) is 10.6. The first kappa shape index (κ1) is 13.5. The SMILES string of the molecule is CCCCC(Cc1cc(Cl)ccc1F)NC. The van der Waals surface area contributed by atoms with E-state index in [9.17, 15) is 4.39 Å². The minimum atomic E-state index is -0.166. The molecule has 0 aliphatic carbocycles. The predicted molar refractivity (Wildman–Crippen MR) is 67.5 cm³/mol. The van der Waals surface area contributed by atoms with Crippen LogP contribution in [0, 0.1) is 5.82 Å². The summed E-state index contributed by atoms with van der Waals surface area (Å²) in [5.74, 6) is -0.166. The van der Waals surface area contributed by atoms with Gasteiger partial charge in [0.2, 0.25) is 0 Å². The van der Waals surface area contributed by atoms with E-state index in [0.717, 1.165) is 19.3 Å². The number of rotatable bonds is 6. The third-order valence-corrected chi connectivity index (χ3v) is 3.02. The van der Waals surface area contributed by atoms with E-state index >= 15 is 0 Å². The first-order valence-electron chi connectivity index (χ1n) is 5.78. The zero-order valence-electron chi connectivity index (χ0n) is 9.89. The fraction of sp³-hybridized carbons (Fsp3) is 0.538. The quantitative estimate of drug-likeness (QED) is 0.802. The van der Waals surface area contributed by atoms with Gasteiger partial charge in [0.15, 0.2) is 0 Å². The van der Waals surface area contributed by atoms with Gasteiger partial charge in [-0.3, -0.25) is 0 Å². The van der Waals surface area contributed by atoms with Crippen molar-refractivity contribution in [2.45, 2.75) is 38.6 Å². The summed E-state index contributed by atoms with van der Waals surface area (Å²) in [6.07, 6.45) is 4.09. The number of benzene rings is 1. The summed E-state index contributed by atoms with van der Waals surface area (Å²) in [7, 11) is 1.92. The van der Waals surface area contributed by atoms with Crippen LogP contribution in [0.4, 0.5) is 4.39 Å². The van der Waals surface area contributed by atoms with Crippen LogP contribution in [0.2, 0.25) is 5.02 Å². The van der Waals surface area contributed by atoms with Crippen molar-refractivity contribution in [3.05, 3.63) is 34.6 Å². The van der Waals surface area contributed by atoms with E-state index in [1.165, 1.54) is 6.07 Å². The highest BCUT2D eigenvalue weighted by molar-refractivity contribution is 6.30. The highest BCUT2D eigenvalue weighted by Gasteiger charge is 2.10. The molecule has 0 aliphatic heterocycles. The monoisotopic (exact) mass is 243 g/mol. The summed E-state index contributed by atoms with van der Waals surface area (Å²) in [6.45, 7) is 2.16. The lowest BCUT2D eigenvalue weighted by Crippen LogP contribution is -2.27. The molecule has 1 aromatic rings.